The number of phenols is 1. The van der Waals surface area contributed by atoms with Gasteiger partial charge in [0.1, 0.15) is 22.8 Å². The van der Waals surface area contributed by atoms with Crippen LogP contribution in [-0.4, -0.2) is 49.3 Å². The molecule has 1 aromatic rings. The number of alkyl halides is 2. The van der Waals surface area contributed by atoms with E-state index in [4.69, 9.17) is 0 Å². The molecule has 0 bridgehead atoms. The molecule has 212 valence electrons. The average Bonchev–Trinajstić information content (AvgIpc) is 2.79. The molecule has 1 unspecified atom stereocenters. The maximum atomic E-state index is 13.7. The van der Waals surface area contributed by atoms with E-state index in [2.05, 4.69) is 0 Å². The Bertz CT molecular complexity index is 1320. The molecule has 0 saturated heterocycles. The molecule has 7 nitrogen and oxygen atoms in total. The molecule has 0 aromatic heterocycles. The third kappa shape index (κ3) is 4.79. The minimum absolute atomic E-state index is 0.0255. The summed E-state index contributed by atoms with van der Waals surface area (Å²) < 4.78 is 27.0. The lowest BCUT2D eigenvalue weighted by Gasteiger charge is -2.46. The maximum Gasteiger partial charge on any atom is 0.245 e. The fourth-order valence-electron chi connectivity index (χ4n) is 6.71. The number of carbonyl (C=O) groups excluding carboxylic acids is 3. The molecule has 9 heteroatoms. The van der Waals surface area contributed by atoms with Crippen LogP contribution in [0.2, 0.25) is 0 Å². The lowest BCUT2D eigenvalue weighted by Crippen LogP contribution is -2.57. The molecular weight excluding hydrogens is 510 g/mol. The van der Waals surface area contributed by atoms with Crippen molar-refractivity contribution in [2.45, 2.75) is 90.6 Å². The number of Topliss-reactive ketones (excluding diaryl/α,β-unsaturated/α-hetero) is 3. The number of aliphatic hydroxyl groups is 3. The molecule has 0 aliphatic heterocycles. The highest BCUT2D eigenvalue weighted by molar-refractivity contribution is 6.23. The van der Waals surface area contributed by atoms with Crippen molar-refractivity contribution in [1.82, 2.24) is 0 Å². The molecule has 1 fully saturated rings. The van der Waals surface area contributed by atoms with Crippen LogP contribution in [0.25, 0.3) is 5.76 Å². The molecule has 4 rings (SSSR count). The van der Waals surface area contributed by atoms with Gasteiger partial charge in [-0.3, -0.25) is 14.4 Å². The summed E-state index contributed by atoms with van der Waals surface area (Å²) in [6.07, 6.45) is 0.400. The highest BCUT2D eigenvalue weighted by Gasteiger charge is 2.60. The van der Waals surface area contributed by atoms with Crippen molar-refractivity contribution in [1.29, 1.82) is 0 Å². The topological polar surface area (TPSA) is 132 Å². The minimum Gasteiger partial charge on any atom is -0.508 e. The van der Waals surface area contributed by atoms with Crippen LogP contribution in [0.5, 0.6) is 5.75 Å². The molecule has 0 spiro atoms. The molecule has 1 saturated carbocycles. The van der Waals surface area contributed by atoms with Gasteiger partial charge in [-0.1, -0.05) is 26.8 Å². The van der Waals surface area contributed by atoms with Crippen LogP contribution in [0, 0.1) is 17.8 Å². The summed E-state index contributed by atoms with van der Waals surface area (Å²) in [4.78, 5) is 38.4. The number of aryl methyl sites for hydroxylation is 1. The van der Waals surface area contributed by atoms with Gasteiger partial charge in [-0.05, 0) is 74.0 Å². The second-order valence-electron chi connectivity index (χ2n) is 12.0. The lowest BCUT2D eigenvalue weighted by atomic mass is 9.58. The van der Waals surface area contributed by atoms with E-state index < -0.39 is 57.8 Å². The standard InChI is InChI=1S/C30H36F2O7/c1-13(2)19-9-16(7-6-14(3)12-29(5,31)32)25(35)24-20(19)10-17-8-18-11-21(34)22(15(4)33)27(37)30(18,39)28(38)23(17)26(24)36/h9,13-14,17-18,35-37,39H,6-8,10-12H2,1-5H3/t14?,17-,18+,30-/m1/s1. The second kappa shape index (κ2) is 9.84. The van der Waals surface area contributed by atoms with Crippen LogP contribution in [0.3, 0.4) is 0 Å². The zero-order valence-corrected chi connectivity index (χ0v) is 22.9. The summed E-state index contributed by atoms with van der Waals surface area (Å²) in [7, 11) is 0. The van der Waals surface area contributed by atoms with E-state index in [1.54, 1.807) is 6.92 Å². The zero-order valence-electron chi connectivity index (χ0n) is 22.9. The number of ketones is 3. The first-order chi connectivity index (χ1) is 18.0. The van der Waals surface area contributed by atoms with Crippen molar-refractivity contribution in [3.63, 3.8) is 0 Å². The van der Waals surface area contributed by atoms with Gasteiger partial charge in [0, 0.05) is 24.3 Å². The highest BCUT2D eigenvalue weighted by atomic mass is 19.3. The minimum atomic E-state index is -2.82. The summed E-state index contributed by atoms with van der Waals surface area (Å²) in [5.41, 5.74) is -1.31. The number of allylic oxidation sites excluding steroid dienone is 1. The Balaban J connectivity index is 1.83. The maximum absolute atomic E-state index is 13.7. The molecule has 3 aliphatic carbocycles. The van der Waals surface area contributed by atoms with Gasteiger partial charge in [0.25, 0.3) is 0 Å². The summed E-state index contributed by atoms with van der Waals surface area (Å²) >= 11 is 0. The number of aliphatic hydroxyl groups excluding tert-OH is 2. The summed E-state index contributed by atoms with van der Waals surface area (Å²) in [5.74, 6) is -8.89. The van der Waals surface area contributed by atoms with E-state index in [0.717, 1.165) is 19.4 Å². The second-order valence-corrected chi connectivity index (χ2v) is 12.0. The van der Waals surface area contributed by atoms with Crippen molar-refractivity contribution >= 4 is 23.1 Å². The molecule has 39 heavy (non-hydrogen) atoms. The number of aromatic hydroxyl groups is 1. The Kier molecular flexibility index (Phi) is 7.30. The van der Waals surface area contributed by atoms with Crippen LogP contribution in [0.15, 0.2) is 23.0 Å². The molecule has 1 aromatic carbocycles. The van der Waals surface area contributed by atoms with Gasteiger partial charge in [-0.25, -0.2) is 8.78 Å². The van der Waals surface area contributed by atoms with E-state index in [-0.39, 0.29) is 60.8 Å². The van der Waals surface area contributed by atoms with E-state index in [0.29, 0.717) is 17.5 Å². The van der Waals surface area contributed by atoms with Gasteiger partial charge >= 0.3 is 0 Å². The number of rotatable bonds is 7. The van der Waals surface area contributed by atoms with Gasteiger partial charge in [-0.2, -0.15) is 0 Å². The zero-order chi connectivity index (χ0) is 29.2. The van der Waals surface area contributed by atoms with Crippen molar-refractivity contribution < 1.29 is 43.6 Å². The molecule has 3 aliphatic rings. The van der Waals surface area contributed by atoms with Crippen molar-refractivity contribution in [2.24, 2.45) is 17.8 Å². The highest BCUT2D eigenvalue weighted by Crippen LogP contribution is 2.53. The summed E-state index contributed by atoms with van der Waals surface area (Å²) in [6.45, 7) is 7.54. The number of hydrogen-bond acceptors (Lipinski definition) is 7. The van der Waals surface area contributed by atoms with Crippen LogP contribution in [-0.2, 0) is 27.2 Å². The summed E-state index contributed by atoms with van der Waals surface area (Å²) in [5, 5.41) is 44.9. The quantitative estimate of drug-likeness (QED) is 0.343. The number of hydrogen-bond donors (Lipinski definition) is 4. The Hall–Kier alpha value is -3.07. The Labute approximate surface area is 226 Å². The van der Waals surface area contributed by atoms with Gasteiger partial charge in [0.15, 0.2) is 17.2 Å². The first-order valence-electron chi connectivity index (χ1n) is 13.4. The number of carbonyl (C=O) groups is 3. The van der Waals surface area contributed by atoms with Crippen molar-refractivity contribution in [3.8, 4) is 5.75 Å². The average molecular weight is 547 g/mol. The van der Waals surface area contributed by atoms with Gasteiger partial charge in [-0.15, -0.1) is 0 Å². The Morgan fingerprint density at radius 3 is 2.36 bits per heavy atom. The predicted octanol–water partition coefficient (Wildman–Crippen LogP) is 5.27. The van der Waals surface area contributed by atoms with Crippen LogP contribution < -0.4 is 0 Å². The number of benzene rings is 1. The summed E-state index contributed by atoms with van der Waals surface area (Å²) in [6, 6.07) is 1.83. The molecule has 0 radical (unpaired) electrons. The van der Waals surface area contributed by atoms with E-state index in [1.807, 2.05) is 19.9 Å². The number of halogens is 2. The lowest BCUT2D eigenvalue weighted by molar-refractivity contribution is -0.147. The Morgan fingerprint density at radius 2 is 1.79 bits per heavy atom. The fraction of sp³-hybridized carbons (Fsp3) is 0.567. The molecule has 0 heterocycles. The first kappa shape index (κ1) is 28.9. The van der Waals surface area contributed by atoms with Crippen LogP contribution >= 0.6 is 0 Å². The number of phenolic OH excluding ortho intramolecular Hbond substituents is 1. The smallest absolute Gasteiger partial charge is 0.245 e. The molecule has 0 amide bonds. The molecule has 4 atom stereocenters. The first-order valence-corrected chi connectivity index (χ1v) is 13.4. The van der Waals surface area contributed by atoms with Crippen molar-refractivity contribution in [3.05, 3.63) is 45.2 Å². The van der Waals surface area contributed by atoms with Gasteiger partial charge < -0.3 is 20.4 Å². The third-order valence-electron chi connectivity index (χ3n) is 8.52. The Morgan fingerprint density at radius 1 is 1.15 bits per heavy atom. The SMILES string of the molecule is CC(=O)C1=C(O)[C@@]2(O)C(=O)C3=C(O)c4c(O)c(CCC(C)CC(C)(F)F)cc(C(C)C)c4C[C@H]3C[C@H]2CC1=O. The monoisotopic (exact) mass is 546 g/mol. The van der Waals surface area contributed by atoms with Gasteiger partial charge in [0.05, 0.1) is 5.56 Å². The van der Waals surface area contributed by atoms with Gasteiger partial charge in [0.2, 0.25) is 11.7 Å². The van der Waals surface area contributed by atoms with Crippen LogP contribution in [0.4, 0.5) is 8.78 Å². The van der Waals surface area contributed by atoms with E-state index in [9.17, 15) is 43.6 Å². The normalized spacial score (nSPS) is 26.0. The predicted molar refractivity (Wildman–Crippen MR) is 140 cm³/mol. The van der Waals surface area contributed by atoms with E-state index in [1.165, 1.54) is 0 Å². The van der Waals surface area contributed by atoms with Crippen molar-refractivity contribution in [2.75, 3.05) is 0 Å². The third-order valence-corrected chi connectivity index (χ3v) is 8.52. The fourth-order valence-corrected chi connectivity index (χ4v) is 6.71. The van der Waals surface area contributed by atoms with Crippen LogP contribution in [0.1, 0.15) is 88.5 Å². The largest absolute Gasteiger partial charge is 0.508 e. The number of fused-ring (bicyclic) bond motifs is 3. The van der Waals surface area contributed by atoms with E-state index >= 15 is 0 Å². The molecular formula is C30H36F2O7. The molecule has 4 N–H and O–H groups in total.